The van der Waals surface area contributed by atoms with Gasteiger partial charge in [0.05, 0.1) is 0 Å². The molecule has 1 saturated carbocycles. The number of carbonyl (C=O) groups excluding carboxylic acids is 2. The summed E-state index contributed by atoms with van der Waals surface area (Å²) in [5.74, 6) is 0.676. The highest BCUT2D eigenvalue weighted by Crippen LogP contribution is 2.48. The van der Waals surface area contributed by atoms with E-state index < -0.39 is 5.41 Å². The molecule has 0 bridgehead atoms. The Bertz CT molecular complexity index is 713. The second-order valence-electron chi connectivity index (χ2n) is 8.85. The zero-order valence-electron chi connectivity index (χ0n) is 17.1. The number of nitrogens with one attached hydrogen (secondary N) is 1. The van der Waals surface area contributed by atoms with Crippen molar-refractivity contribution in [3.05, 3.63) is 24.3 Å². The summed E-state index contributed by atoms with van der Waals surface area (Å²) in [4.78, 5) is 32.3. The molecule has 1 aromatic carbocycles. The molecule has 0 spiro atoms. The fraction of sp³-hybridized carbons (Fsp3) is 0.636. The standard InChI is InChI=1S/C22H32N4O2/c1-17-7-11-25(12-8-17)19-5-3-18(4-6-19)23-20(27)22(9-10-22)21(28)26-15-13-24(2)14-16-26/h3-6,17H,7-16H2,1-2H3,(H,23,27). The maximum Gasteiger partial charge on any atom is 0.240 e. The fourth-order valence-corrected chi connectivity index (χ4v) is 4.25. The molecule has 28 heavy (non-hydrogen) atoms. The molecule has 2 heterocycles. The molecule has 3 fully saturated rings. The number of hydrogen-bond donors (Lipinski definition) is 1. The summed E-state index contributed by atoms with van der Waals surface area (Å²) in [5, 5.41) is 3.00. The summed E-state index contributed by atoms with van der Waals surface area (Å²) < 4.78 is 0. The van der Waals surface area contributed by atoms with Crippen LogP contribution in [0.4, 0.5) is 11.4 Å². The van der Waals surface area contributed by atoms with Crippen molar-refractivity contribution in [3.63, 3.8) is 0 Å². The first-order valence-electron chi connectivity index (χ1n) is 10.6. The normalized spacial score (nSPS) is 22.8. The molecule has 1 N–H and O–H groups in total. The minimum atomic E-state index is -0.836. The highest BCUT2D eigenvalue weighted by molar-refractivity contribution is 6.13. The number of hydrogen-bond acceptors (Lipinski definition) is 4. The number of amides is 2. The predicted octanol–water partition coefficient (Wildman–Crippen LogP) is 2.42. The third kappa shape index (κ3) is 3.88. The van der Waals surface area contributed by atoms with Crippen LogP contribution in [0.1, 0.15) is 32.6 Å². The highest BCUT2D eigenvalue weighted by Gasteiger charge is 2.58. The van der Waals surface area contributed by atoms with Gasteiger partial charge in [0.15, 0.2) is 0 Å². The van der Waals surface area contributed by atoms with E-state index in [1.54, 1.807) is 0 Å². The lowest BCUT2D eigenvalue weighted by atomic mass is 9.99. The molecule has 0 aromatic heterocycles. The lowest BCUT2D eigenvalue weighted by Crippen LogP contribution is -2.51. The largest absolute Gasteiger partial charge is 0.372 e. The molecular formula is C22H32N4O2. The second-order valence-corrected chi connectivity index (χ2v) is 8.85. The van der Waals surface area contributed by atoms with Crippen LogP contribution in [0, 0.1) is 11.3 Å². The molecule has 2 aliphatic heterocycles. The van der Waals surface area contributed by atoms with Gasteiger partial charge < -0.3 is 20.0 Å². The average molecular weight is 385 g/mol. The number of piperazine rings is 1. The zero-order chi connectivity index (χ0) is 19.7. The van der Waals surface area contributed by atoms with Crippen LogP contribution in [0.25, 0.3) is 0 Å². The van der Waals surface area contributed by atoms with Crippen LogP contribution in [0.5, 0.6) is 0 Å². The minimum Gasteiger partial charge on any atom is -0.372 e. The van der Waals surface area contributed by atoms with Crippen molar-refractivity contribution in [2.75, 3.05) is 56.5 Å². The molecule has 3 aliphatic rings. The third-order valence-electron chi connectivity index (χ3n) is 6.66. The fourth-order valence-electron chi connectivity index (χ4n) is 4.25. The summed E-state index contributed by atoms with van der Waals surface area (Å²) >= 11 is 0. The van der Waals surface area contributed by atoms with E-state index in [9.17, 15) is 9.59 Å². The van der Waals surface area contributed by atoms with Crippen LogP contribution in [0.15, 0.2) is 24.3 Å². The van der Waals surface area contributed by atoms with Gasteiger partial charge in [0.1, 0.15) is 5.41 Å². The molecule has 2 saturated heterocycles. The van der Waals surface area contributed by atoms with Crippen LogP contribution in [-0.4, -0.2) is 67.9 Å². The van der Waals surface area contributed by atoms with E-state index in [0.29, 0.717) is 25.9 Å². The van der Waals surface area contributed by atoms with Crippen molar-refractivity contribution in [1.29, 1.82) is 0 Å². The maximum absolute atomic E-state index is 12.9. The quantitative estimate of drug-likeness (QED) is 0.810. The second kappa shape index (κ2) is 7.74. The van der Waals surface area contributed by atoms with Crippen molar-refractivity contribution in [3.8, 4) is 0 Å². The van der Waals surface area contributed by atoms with Crippen LogP contribution in [-0.2, 0) is 9.59 Å². The number of piperidine rings is 1. The Labute approximate surface area is 167 Å². The van der Waals surface area contributed by atoms with E-state index in [4.69, 9.17) is 0 Å². The van der Waals surface area contributed by atoms with Crippen molar-refractivity contribution in [1.82, 2.24) is 9.80 Å². The van der Waals surface area contributed by atoms with Crippen molar-refractivity contribution in [2.45, 2.75) is 32.6 Å². The summed E-state index contributed by atoms with van der Waals surface area (Å²) in [6.45, 7) is 7.68. The van der Waals surface area contributed by atoms with Gasteiger partial charge in [-0.2, -0.15) is 0 Å². The molecule has 152 valence electrons. The van der Waals surface area contributed by atoms with Crippen molar-refractivity contribution >= 4 is 23.2 Å². The maximum atomic E-state index is 12.9. The predicted molar refractivity (Wildman–Crippen MR) is 111 cm³/mol. The van der Waals surface area contributed by atoms with E-state index in [-0.39, 0.29) is 11.8 Å². The SMILES string of the molecule is CC1CCN(c2ccc(NC(=O)C3(C(=O)N4CCN(C)CC4)CC3)cc2)CC1. The number of likely N-dealkylation sites (N-methyl/N-ethyl adjacent to an activating group) is 1. The number of anilines is 2. The Morgan fingerprint density at radius 3 is 2.14 bits per heavy atom. The molecule has 0 unspecified atom stereocenters. The number of carbonyl (C=O) groups is 2. The minimum absolute atomic E-state index is 0.0113. The van der Waals surface area contributed by atoms with Crippen LogP contribution >= 0.6 is 0 Å². The third-order valence-corrected chi connectivity index (χ3v) is 6.66. The van der Waals surface area contributed by atoms with E-state index >= 15 is 0 Å². The zero-order valence-corrected chi connectivity index (χ0v) is 17.1. The Morgan fingerprint density at radius 2 is 1.57 bits per heavy atom. The van der Waals surface area contributed by atoms with E-state index in [0.717, 1.165) is 37.8 Å². The Balaban J connectivity index is 1.36. The smallest absolute Gasteiger partial charge is 0.240 e. The molecular weight excluding hydrogens is 352 g/mol. The summed E-state index contributed by atoms with van der Waals surface area (Å²) in [6, 6.07) is 8.07. The van der Waals surface area contributed by atoms with Crippen LogP contribution < -0.4 is 10.2 Å². The molecule has 0 radical (unpaired) electrons. The Morgan fingerprint density at radius 1 is 0.964 bits per heavy atom. The number of benzene rings is 1. The van der Waals surface area contributed by atoms with Gasteiger partial charge >= 0.3 is 0 Å². The van der Waals surface area contributed by atoms with Gasteiger partial charge in [-0.25, -0.2) is 0 Å². The van der Waals surface area contributed by atoms with E-state index in [1.807, 2.05) is 17.0 Å². The first kappa shape index (κ1) is 19.2. The first-order valence-corrected chi connectivity index (χ1v) is 10.6. The van der Waals surface area contributed by atoms with Gasteiger partial charge in [-0.05, 0) is 62.9 Å². The number of rotatable bonds is 4. The summed E-state index contributed by atoms with van der Waals surface area (Å²) in [6.07, 6.45) is 3.78. The van der Waals surface area contributed by atoms with Gasteiger partial charge in [0.25, 0.3) is 0 Å². The molecule has 1 aliphatic carbocycles. The topological polar surface area (TPSA) is 55.9 Å². The Hall–Kier alpha value is -2.08. The van der Waals surface area contributed by atoms with Gasteiger partial charge in [0, 0.05) is 50.6 Å². The average Bonchev–Trinajstić information content (AvgIpc) is 3.51. The van der Waals surface area contributed by atoms with Gasteiger partial charge in [-0.1, -0.05) is 6.92 Å². The summed E-state index contributed by atoms with van der Waals surface area (Å²) in [5.41, 5.74) is 1.15. The highest BCUT2D eigenvalue weighted by atomic mass is 16.2. The lowest BCUT2D eigenvalue weighted by molar-refractivity contribution is -0.143. The lowest BCUT2D eigenvalue weighted by Gasteiger charge is -2.34. The van der Waals surface area contributed by atoms with E-state index in [1.165, 1.54) is 18.5 Å². The molecule has 2 amide bonds. The molecule has 6 nitrogen and oxygen atoms in total. The van der Waals surface area contributed by atoms with Crippen LogP contribution in [0.2, 0.25) is 0 Å². The number of nitrogens with zero attached hydrogens (tertiary/aromatic N) is 3. The molecule has 6 heteroatoms. The van der Waals surface area contributed by atoms with Crippen LogP contribution in [0.3, 0.4) is 0 Å². The monoisotopic (exact) mass is 384 g/mol. The van der Waals surface area contributed by atoms with Gasteiger partial charge in [0.2, 0.25) is 11.8 Å². The van der Waals surface area contributed by atoms with Gasteiger partial charge in [-0.3, -0.25) is 9.59 Å². The Kier molecular flexibility index (Phi) is 5.32. The first-order chi connectivity index (χ1) is 13.5. The van der Waals surface area contributed by atoms with Gasteiger partial charge in [-0.15, -0.1) is 0 Å². The summed E-state index contributed by atoms with van der Waals surface area (Å²) in [7, 11) is 2.07. The van der Waals surface area contributed by atoms with E-state index in [2.05, 4.69) is 41.2 Å². The molecule has 1 aromatic rings. The molecule has 0 atom stereocenters. The van der Waals surface area contributed by atoms with Crippen molar-refractivity contribution in [2.24, 2.45) is 11.3 Å². The molecule has 4 rings (SSSR count). The van der Waals surface area contributed by atoms with Crippen molar-refractivity contribution < 1.29 is 9.59 Å².